The van der Waals surface area contributed by atoms with Crippen molar-refractivity contribution < 1.29 is 19.1 Å². The van der Waals surface area contributed by atoms with Crippen LogP contribution in [-0.4, -0.2) is 35.8 Å². The molecule has 0 unspecified atom stereocenters. The van der Waals surface area contributed by atoms with Gasteiger partial charge in [-0.1, -0.05) is 60.7 Å². The summed E-state index contributed by atoms with van der Waals surface area (Å²) in [5.74, 6) is -1.18. The van der Waals surface area contributed by atoms with Gasteiger partial charge in [0.25, 0.3) is 11.8 Å². The zero-order valence-electron chi connectivity index (χ0n) is 15.7. The standard InChI is InChI=1S/C24H19NO4/c26-22-20-12-6-7-13-21(20)23(27)25(22)14-15-29-24(28)19-11-5-4-10-18(19)16-17-8-2-1-3-9-17/h1-13H,14-16H2. The van der Waals surface area contributed by atoms with Crippen LogP contribution in [-0.2, 0) is 11.2 Å². The summed E-state index contributed by atoms with van der Waals surface area (Å²) in [5, 5.41) is 0. The molecule has 2 amide bonds. The predicted molar refractivity (Wildman–Crippen MR) is 108 cm³/mol. The summed E-state index contributed by atoms with van der Waals surface area (Å²) in [6.45, 7) is -0.0249. The van der Waals surface area contributed by atoms with Crippen molar-refractivity contribution in [2.45, 2.75) is 6.42 Å². The molecule has 1 heterocycles. The number of carbonyl (C=O) groups excluding carboxylic acids is 3. The summed E-state index contributed by atoms with van der Waals surface area (Å²) in [5.41, 5.74) is 3.22. The number of hydrogen-bond donors (Lipinski definition) is 0. The smallest absolute Gasteiger partial charge is 0.338 e. The van der Waals surface area contributed by atoms with Crippen LogP contribution in [0.25, 0.3) is 0 Å². The molecule has 1 aliphatic rings. The lowest BCUT2D eigenvalue weighted by Crippen LogP contribution is -2.33. The Balaban J connectivity index is 1.40. The van der Waals surface area contributed by atoms with Crippen LogP contribution in [0.4, 0.5) is 0 Å². The molecule has 0 saturated heterocycles. The highest BCUT2D eigenvalue weighted by Gasteiger charge is 2.34. The number of carbonyl (C=O) groups is 3. The molecule has 0 fully saturated rings. The Hall–Kier alpha value is -3.73. The third-order valence-corrected chi connectivity index (χ3v) is 4.90. The molecule has 0 saturated carbocycles. The minimum absolute atomic E-state index is 0.0267. The lowest BCUT2D eigenvalue weighted by molar-refractivity contribution is 0.0419. The molecule has 0 aliphatic carbocycles. The number of imide groups is 1. The zero-order chi connectivity index (χ0) is 20.2. The molecule has 5 nitrogen and oxygen atoms in total. The van der Waals surface area contributed by atoms with Crippen molar-refractivity contribution in [3.05, 3.63) is 107 Å². The number of ether oxygens (including phenoxy) is 1. The second-order valence-corrected chi connectivity index (χ2v) is 6.76. The molecule has 0 atom stereocenters. The Kier molecular flexibility index (Phi) is 5.20. The molecule has 29 heavy (non-hydrogen) atoms. The fraction of sp³-hybridized carbons (Fsp3) is 0.125. The SMILES string of the molecule is O=C(OCCN1C(=O)c2ccccc2C1=O)c1ccccc1Cc1ccccc1. The predicted octanol–water partition coefficient (Wildman–Crippen LogP) is 3.73. The van der Waals surface area contributed by atoms with E-state index in [9.17, 15) is 14.4 Å². The van der Waals surface area contributed by atoms with E-state index in [2.05, 4.69) is 0 Å². The van der Waals surface area contributed by atoms with E-state index >= 15 is 0 Å². The quantitative estimate of drug-likeness (QED) is 0.479. The van der Waals surface area contributed by atoms with E-state index in [-0.39, 0.29) is 25.0 Å². The van der Waals surface area contributed by atoms with Crippen LogP contribution in [0, 0.1) is 0 Å². The van der Waals surface area contributed by atoms with Crippen molar-refractivity contribution in [1.29, 1.82) is 0 Å². The van der Waals surface area contributed by atoms with Gasteiger partial charge in [-0.3, -0.25) is 14.5 Å². The van der Waals surface area contributed by atoms with E-state index in [4.69, 9.17) is 4.74 Å². The maximum absolute atomic E-state index is 12.6. The van der Waals surface area contributed by atoms with E-state index in [0.717, 1.165) is 16.0 Å². The Labute approximate surface area is 168 Å². The van der Waals surface area contributed by atoms with Crippen molar-refractivity contribution in [3.8, 4) is 0 Å². The van der Waals surface area contributed by atoms with Gasteiger partial charge in [0.1, 0.15) is 6.61 Å². The van der Waals surface area contributed by atoms with Gasteiger partial charge in [-0.05, 0) is 35.7 Å². The third-order valence-electron chi connectivity index (χ3n) is 4.90. The average Bonchev–Trinajstić information content (AvgIpc) is 3.00. The molecular formula is C24H19NO4. The van der Waals surface area contributed by atoms with Gasteiger partial charge in [-0.2, -0.15) is 0 Å². The first-order chi connectivity index (χ1) is 14.1. The summed E-state index contributed by atoms with van der Waals surface area (Å²) < 4.78 is 5.38. The number of amides is 2. The molecule has 0 spiro atoms. The fourth-order valence-corrected chi connectivity index (χ4v) is 3.44. The van der Waals surface area contributed by atoms with Gasteiger partial charge in [0.15, 0.2) is 0 Å². The van der Waals surface area contributed by atoms with E-state index in [1.165, 1.54) is 0 Å². The minimum Gasteiger partial charge on any atom is -0.460 e. The summed E-state index contributed by atoms with van der Waals surface area (Å²) in [6.07, 6.45) is 0.616. The number of hydrogen-bond acceptors (Lipinski definition) is 4. The average molecular weight is 385 g/mol. The Morgan fingerprint density at radius 3 is 2.03 bits per heavy atom. The van der Waals surface area contributed by atoms with Crippen LogP contribution in [0.5, 0.6) is 0 Å². The zero-order valence-corrected chi connectivity index (χ0v) is 15.7. The monoisotopic (exact) mass is 385 g/mol. The van der Waals surface area contributed by atoms with Crippen LogP contribution >= 0.6 is 0 Å². The lowest BCUT2D eigenvalue weighted by Gasteiger charge is -2.14. The van der Waals surface area contributed by atoms with E-state index < -0.39 is 5.97 Å². The van der Waals surface area contributed by atoms with Crippen LogP contribution in [0.3, 0.4) is 0 Å². The Morgan fingerprint density at radius 2 is 1.34 bits per heavy atom. The minimum atomic E-state index is -0.465. The maximum atomic E-state index is 12.6. The van der Waals surface area contributed by atoms with Crippen LogP contribution < -0.4 is 0 Å². The molecule has 5 heteroatoms. The topological polar surface area (TPSA) is 63.7 Å². The van der Waals surface area contributed by atoms with Crippen molar-refractivity contribution in [2.75, 3.05) is 13.2 Å². The first kappa shape index (κ1) is 18.6. The summed E-state index contributed by atoms with van der Waals surface area (Å²) >= 11 is 0. The molecule has 0 bridgehead atoms. The number of esters is 1. The highest BCUT2D eigenvalue weighted by molar-refractivity contribution is 6.21. The second-order valence-electron chi connectivity index (χ2n) is 6.76. The van der Waals surface area contributed by atoms with Gasteiger partial charge in [-0.15, -0.1) is 0 Å². The second kappa shape index (κ2) is 8.10. The van der Waals surface area contributed by atoms with Gasteiger partial charge in [0.2, 0.25) is 0 Å². The lowest BCUT2D eigenvalue weighted by atomic mass is 10.00. The highest BCUT2D eigenvalue weighted by atomic mass is 16.5. The Morgan fingerprint density at radius 1 is 0.759 bits per heavy atom. The summed E-state index contributed by atoms with van der Waals surface area (Å²) in [7, 11) is 0. The fourth-order valence-electron chi connectivity index (χ4n) is 3.44. The summed E-state index contributed by atoms with van der Waals surface area (Å²) in [6, 6.07) is 23.9. The first-order valence-electron chi connectivity index (χ1n) is 9.39. The van der Waals surface area contributed by atoms with Crippen molar-refractivity contribution in [1.82, 2.24) is 4.90 Å². The number of nitrogens with zero attached hydrogens (tertiary/aromatic N) is 1. The normalized spacial score (nSPS) is 12.8. The molecule has 1 aliphatic heterocycles. The van der Waals surface area contributed by atoms with Crippen LogP contribution in [0.1, 0.15) is 42.2 Å². The van der Waals surface area contributed by atoms with Gasteiger partial charge < -0.3 is 4.74 Å². The number of benzene rings is 3. The van der Waals surface area contributed by atoms with Gasteiger partial charge >= 0.3 is 5.97 Å². The number of rotatable bonds is 6. The molecular weight excluding hydrogens is 366 g/mol. The number of fused-ring (bicyclic) bond motifs is 1. The van der Waals surface area contributed by atoms with Gasteiger partial charge in [0, 0.05) is 0 Å². The van der Waals surface area contributed by atoms with Crippen molar-refractivity contribution in [3.63, 3.8) is 0 Å². The van der Waals surface area contributed by atoms with E-state index in [1.807, 2.05) is 42.5 Å². The van der Waals surface area contributed by atoms with Crippen molar-refractivity contribution >= 4 is 17.8 Å². The molecule has 0 radical (unpaired) electrons. The van der Waals surface area contributed by atoms with Crippen LogP contribution in [0.2, 0.25) is 0 Å². The van der Waals surface area contributed by atoms with E-state index in [0.29, 0.717) is 23.1 Å². The largest absolute Gasteiger partial charge is 0.460 e. The summed E-state index contributed by atoms with van der Waals surface area (Å²) in [4.78, 5) is 38.5. The highest BCUT2D eigenvalue weighted by Crippen LogP contribution is 2.22. The van der Waals surface area contributed by atoms with Crippen molar-refractivity contribution in [2.24, 2.45) is 0 Å². The molecule has 144 valence electrons. The molecule has 3 aromatic rings. The molecule has 3 aromatic carbocycles. The molecule has 4 rings (SSSR count). The first-order valence-corrected chi connectivity index (χ1v) is 9.39. The maximum Gasteiger partial charge on any atom is 0.338 e. The van der Waals surface area contributed by atoms with Gasteiger partial charge in [0.05, 0.1) is 23.2 Å². The molecule has 0 N–H and O–H groups in total. The van der Waals surface area contributed by atoms with Crippen LogP contribution in [0.15, 0.2) is 78.9 Å². The van der Waals surface area contributed by atoms with Gasteiger partial charge in [-0.25, -0.2) is 4.79 Å². The Bertz CT molecular complexity index is 1040. The third kappa shape index (κ3) is 3.80. The molecule has 0 aromatic heterocycles. The van der Waals surface area contributed by atoms with E-state index in [1.54, 1.807) is 36.4 Å².